The molecule has 6 heteroatoms. The molecule has 166 valence electrons. The van der Waals surface area contributed by atoms with E-state index in [1.807, 2.05) is 6.92 Å². The molecule has 0 aliphatic carbocycles. The summed E-state index contributed by atoms with van der Waals surface area (Å²) in [6.07, 6.45) is 0. The average Bonchev–Trinajstić information content (AvgIpc) is 2.84. The summed E-state index contributed by atoms with van der Waals surface area (Å²) in [6, 6.07) is 31.7. The van der Waals surface area contributed by atoms with Gasteiger partial charge >= 0.3 is 5.97 Å². The Morgan fingerprint density at radius 1 is 0.667 bits per heavy atom. The predicted octanol–water partition coefficient (Wildman–Crippen LogP) is 5.25. The van der Waals surface area contributed by atoms with Crippen molar-refractivity contribution < 1.29 is 22.1 Å². The fourth-order valence-electron chi connectivity index (χ4n) is 3.46. The van der Waals surface area contributed by atoms with Gasteiger partial charge in [-0.05, 0) is 31.2 Å². The molecule has 0 aliphatic heterocycles. The Morgan fingerprint density at radius 2 is 1.12 bits per heavy atom. The summed E-state index contributed by atoms with van der Waals surface area (Å²) in [5, 5.41) is 0. The second-order valence-electron chi connectivity index (χ2n) is 7.47. The number of benzene rings is 4. The van der Waals surface area contributed by atoms with E-state index in [2.05, 4.69) is 0 Å². The molecular formula is C27H22O5S. The number of hydrogen-bond donors (Lipinski definition) is 0. The maximum absolute atomic E-state index is 13.8. The highest BCUT2D eigenvalue weighted by Crippen LogP contribution is 2.38. The zero-order valence-corrected chi connectivity index (χ0v) is 18.7. The van der Waals surface area contributed by atoms with E-state index in [1.54, 1.807) is 103 Å². The summed E-state index contributed by atoms with van der Waals surface area (Å²) in [7, 11) is -4.37. The van der Waals surface area contributed by atoms with Gasteiger partial charge in [-0.3, -0.25) is 0 Å². The third-order valence-electron chi connectivity index (χ3n) is 5.15. The first-order valence-electron chi connectivity index (χ1n) is 10.3. The average molecular weight is 459 g/mol. The summed E-state index contributed by atoms with van der Waals surface area (Å²) in [5.74, 6) is -0.600. The largest absolute Gasteiger partial charge is 0.424 e. The molecule has 0 aromatic heterocycles. The maximum atomic E-state index is 13.8. The SMILES string of the molecule is Cc1ccc(S(=O)(=O)OC(C(=O)Oc2ccccc2)(c2ccccc2)c2ccccc2)cc1. The molecule has 0 heterocycles. The lowest BCUT2D eigenvalue weighted by Crippen LogP contribution is -2.44. The molecule has 0 saturated carbocycles. The van der Waals surface area contributed by atoms with Gasteiger partial charge in [-0.2, -0.15) is 8.42 Å². The van der Waals surface area contributed by atoms with Crippen molar-refractivity contribution in [1.29, 1.82) is 0 Å². The van der Waals surface area contributed by atoms with Crippen molar-refractivity contribution in [2.75, 3.05) is 0 Å². The number of carbonyl (C=O) groups excluding carboxylic acids is 1. The Labute approximate surface area is 193 Å². The minimum absolute atomic E-state index is 0.0585. The van der Waals surface area contributed by atoms with Gasteiger partial charge in [0, 0.05) is 11.1 Å². The number of para-hydroxylation sites is 1. The highest BCUT2D eigenvalue weighted by molar-refractivity contribution is 7.86. The minimum Gasteiger partial charge on any atom is -0.424 e. The molecule has 0 amide bonds. The Kier molecular flexibility index (Phi) is 6.40. The zero-order valence-electron chi connectivity index (χ0n) is 17.9. The van der Waals surface area contributed by atoms with Crippen LogP contribution in [-0.4, -0.2) is 14.4 Å². The van der Waals surface area contributed by atoms with Crippen molar-refractivity contribution in [2.24, 2.45) is 0 Å². The molecule has 4 rings (SSSR count). The van der Waals surface area contributed by atoms with E-state index in [1.165, 1.54) is 12.1 Å². The molecule has 0 fully saturated rings. The summed E-state index contributed by atoms with van der Waals surface area (Å²) in [6.45, 7) is 1.85. The number of hydrogen-bond acceptors (Lipinski definition) is 5. The van der Waals surface area contributed by atoms with Crippen LogP contribution in [0, 0.1) is 6.92 Å². The second-order valence-corrected chi connectivity index (χ2v) is 9.01. The smallest absolute Gasteiger partial charge is 0.354 e. The molecular weight excluding hydrogens is 436 g/mol. The molecule has 0 saturated heterocycles. The third-order valence-corrected chi connectivity index (χ3v) is 6.47. The van der Waals surface area contributed by atoms with E-state index in [9.17, 15) is 13.2 Å². The van der Waals surface area contributed by atoms with Crippen molar-refractivity contribution in [3.05, 3.63) is 132 Å². The summed E-state index contributed by atoms with van der Waals surface area (Å²) >= 11 is 0. The van der Waals surface area contributed by atoms with E-state index in [4.69, 9.17) is 8.92 Å². The summed E-state index contributed by atoms with van der Waals surface area (Å²) in [5.41, 5.74) is -0.516. The van der Waals surface area contributed by atoms with Gasteiger partial charge < -0.3 is 4.74 Å². The molecule has 0 bridgehead atoms. The van der Waals surface area contributed by atoms with E-state index in [0.29, 0.717) is 11.1 Å². The zero-order chi connectivity index (χ0) is 23.3. The van der Waals surface area contributed by atoms with Gasteiger partial charge in [0.1, 0.15) is 5.75 Å². The van der Waals surface area contributed by atoms with Crippen LogP contribution >= 0.6 is 0 Å². The maximum Gasteiger partial charge on any atom is 0.354 e. The minimum atomic E-state index is -4.37. The Morgan fingerprint density at radius 3 is 1.61 bits per heavy atom. The number of aryl methyl sites for hydroxylation is 1. The predicted molar refractivity (Wildman–Crippen MR) is 125 cm³/mol. The summed E-state index contributed by atoms with van der Waals surface area (Å²) < 4.78 is 38.4. The van der Waals surface area contributed by atoms with Gasteiger partial charge in [-0.25, -0.2) is 8.98 Å². The number of ether oxygens (including phenoxy) is 1. The van der Waals surface area contributed by atoms with Crippen LogP contribution in [0.1, 0.15) is 16.7 Å². The molecule has 0 N–H and O–H groups in total. The van der Waals surface area contributed by atoms with Crippen molar-refractivity contribution >= 4 is 16.1 Å². The van der Waals surface area contributed by atoms with Crippen molar-refractivity contribution in [2.45, 2.75) is 17.4 Å². The molecule has 4 aromatic carbocycles. The van der Waals surface area contributed by atoms with Gasteiger partial charge in [0.2, 0.25) is 5.60 Å². The Balaban J connectivity index is 1.91. The van der Waals surface area contributed by atoms with Crippen LogP contribution in [0.4, 0.5) is 0 Å². The lowest BCUT2D eigenvalue weighted by molar-refractivity contribution is -0.149. The molecule has 0 atom stereocenters. The summed E-state index contributed by atoms with van der Waals surface area (Å²) in [4.78, 5) is 13.7. The first-order valence-corrected chi connectivity index (χ1v) is 11.7. The molecule has 33 heavy (non-hydrogen) atoms. The van der Waals surface area contributed by atoms with Crippen LogP contribution in [0.5, 0.6) is 5.75 Å². The molecule has 0 radical (unpaired) electrons. The Hall–Kier alpha value is -3.74. The van der Waals surface area contributed by atoms with Crippen LogP contribution in [-0.2, 0) is 24.7 Å². The van der Waals surface area contributed by atoms with Gasteiger partial charge in [-0.15, -0.1) is 0 Å². The fourth-order valence-corrected chi connectivity index (χ4v) is 4.62. The molecule has 5 nitrogen and oxygen atoms in total. The molecule has 0 aliphatic rings. The number of esters is 1. The van der Waals surface area contributed by atoms with Crippen LogP contribution in [0.2, 0.25) is 0 Å². The highest BCUT2D eigenvalue weighted by atomic mass is 32.2. The van der Waals surface area contributed by atoms with E-state index >= 15 is 0 Å². The molecule has 4 aromatic rings. The van der Waals surface area contributed by atoms with Crippen LogP contribution < -0.4 is 4.74 Å². The van der Waals surface area contributed by atoms with Crippen molar-refractivity contribution in [3.63, 3.8) is 0 Å². The first-order chi connectivity index (χ1) is 15.9. The van der Waals surface area contributed by atoms with Crippen molar-refractivity contribution in [1.82, 2.24) is 0 Å². The Bertz CT molecular complexity index is 1280. The normalized spacial score (nSPS) is 11.7. The van der Waals surface area contributed by atoms with E-state index < -0.39 is 21.7 Å². The van der Waals surface area contributed by atoms with Crippen LogP contribution in [0.15, 0.2) is 120 Å². The highest BCUT2D eigenvalue weighted by Gasteiger charge is 2.49. The van der Waals surface area contributed by atoms with Gasteiger partial charge in [-0.1, -0.05) is 96.6 Å². The third kappa shape index (κ3) is 4.72. The van der Waals surface area contributed by atoms with Gasteiger partial charge in [0.05, 0.1) is 4.90 Å². The lowest BCUT2D eigenvalue weighted by atomic mass is 9.86. The number of carbonyl (C=O) groups is 1. The standard InChI is InChI=1S/C27H22O5S/c1-21-17-19-25(20-18-21)33(29,30)32-27(22-11-5-2-6-12-22,23-13-7-3-8-14-23)26(28)31-24-15-9-4-10-16-24/h2-20H,1H3. The second kappa shape index (κ2) is 9.40. The molecule has 0 unspecified atom stereocenters. The van der Waals surface area contributed by atoms with Crippen molar-refractivity contribution in [3.8, 4) is 5.75 Å². The topological polar surface area (TPSA) is 69.7 Å². The lowest BCUT2D eigenvalue weighted by Gasteiger charge is -2.31. The first kappa shape index (κ1) is 22.5. The number of rotatable bonds is 7. The van der Waals surface area contributed by atoms with E-state index in [-0.39, 0.29) is 10.6 Å². The van der Waals surface area contributed by atoms with Crippen LogP contribution in [0.25, 0.3) is 0 Å². The monoisotopic (exact) mass is 458 g/mol. The van der Waals surface area contributed by atoms with Crippen LogP contribution in [0.3, 0.4) is 0 Å². The molecule has 0 spiro atoms. The van der Waals surface area contributed by atoms with Gasteiger partial charge in [0.15, 0.2) is 0 Å². The van der Waals surface area contributed by atoms with Gasteiger partial charge in [0.25, 0.3) is 10.1 Å². The van der Waals surface area contributed by atoms with E-state index in [0.717, 1.165) is 5.56 Å². The quantitative estimate of drug-likeness (QED) is 0.215. The fraction of sp³-hybridized carbons (Fsp3) is 0.0741.